The van der Waals surface area contributed by atoms with Gasteiger partial charge in [-0.2, -0.15) is 0 Å². The Labute approximate surface area is 128 Å². The van der Waals surface area contributed by atoms with Gasteiger partial charge in [-0.05, 0) is 17.7 Å². The molecule has 5 heteroatoms. The fraction of sp³-hybridized carbons (Fsp3) is 0.250. The number of aliphatic hydroxyl groups is 1. The number of benzene rings is 1. The number of aliphatic hydroxyl groups excluding tert-OH is 1. The number of amides is 1. The van der Waals surface area contributed by atoms with Gasteiger partial charge in [0.2, 0.25) is 5.91 Å². The summed E-state index contributed by atoms with van der Waals surface area (Å²) in [4.78, 5) is 15.8. The molecule has 0 aliphatic carbocycles. The molecule has 0 aliphatic heterocycles. The highest BCUT2D eigenvalue weighted by Crippen LogP contribution is 2.17. The molecule has 0 saturated heterocycles. The van der Waals surface area contributed by atoms with Crippen LogP contribution in [0.3, 0.4) is 0 Å². The van der Waals surface area contributed by atoms with E-state index in [1.165, 1.54) is 11.8 Å². The zero-order valence-electron chi connectivity index (χ0n) is 11.6. The summed E-state index contributed by atoms with van der Waals surface area (Å²) < 4.78 is 0. The fourth-order valence-electron chi connectivity index (χ4n) is 1.78. The number of rotatable bonds is 7. The Hall–Kier alpha value is -1.85. The molecule has 4 nitrogen and oxygen atoms in total. The predicted molar refractivity (Wildman–Crippen MR) is 84.8 cm³/mol. The summed E-state index contributed by atoms with van der Waals surface area (Å²) in [6.07, 6.45) is 1.16. The van der Waals surface area contributed by atoms with Crippen LogP contribution in [0.2, 0.25) is 0 Å². The van der Waals surface area contributed by atoms with E-state index >= 15 is 0 Å². The van der Waals surface area contributed by atoms with Gasteiger partial charge in [0.25, 0.3) is 0 Å². The van der Waals surface area contributed by atoms with Crippen LogP contribution in [0.5, 0.6) is 0 Å². The maximum absolute atomic E-state index is 11.7. The summed E-state index contributed by atoms with van der Waals surface area (Å²) in [5.74, 6) is 0.781. The highest BCUT2D eigenvalue weighted by molar-refractivity contribution is 7.99. The van der Waals surface area contributed by atoms with Crippen LogP contribution in [0.15, 0.2) is 54.7 Å². The van der Waals surface area contributed by atoms with Crippen LogP contribution < -0.4 is 5.32 Å². The van der Waals surface area contributed by atoms with E-state index < -0.39 is 6.10 Å². The van der Waals surface area contributed by atoms with Crippen LogP contribution in [-0.4, -0.2) is 27.5 Å². The second-order valence-corrected chi connectivity index (χ2v) is 5.57. The molecule has 2 rings (SSSR count). The van der Waals surface area contributed by atoms with Gasteiger partial charge in [0.05, 0.1) is 24.1 Å². The van der Waals surface area contributed by atoms with E-state index in [4.69, 9.17) is 0 Å². The molecule has 0 unspecified atom stereocenters. The maximum Gasteiger partial charge on any atom is 0.230 e. The molecule has 0 bridgehead atoms. The van der Waals surface area contributed by atoms with Crippen molar-refractivity contribution in [2.45, 2.75) is 12.6 Å². The van der Waals surface area contributed by atoms with Crippen LogP contribution in [0, 0.1) is 0 Å². The summed E-state index contributed by atoms with van der Waals surface area (Å²) >= 11 is 1.42. The van der Waals surface area contributed by atoms with Crippen molar-refractivity contribution in [3.05, 3.63) is 66.0 Å². The van der Waals surface area contributed by atoms with E-state index in [0.717, 1.165) is 11.3 Å². The van der Waals surface area contributed by atoms with Gasteiger partial charge in [0.1, 0.15) is 0 Å². The molecule has 1 aromatic carbocycles. The summed E-state index contributed by atoms with van der Waals surface area (Å²) in [7, 11) is 0. The average molecular weight is 302 g/mol. The Balaban J connectivity index is 1.65. The number of carbonyl (C=O) groups excluding carboxylic acids is 1. The first-order chi connectivity index (χ1) is 10.3. The Kier molecular flexibility index (Phi) is 6.24. The second kappa shape index (κ2) is 8.44. The van der Waals surface area contributed by atoms with E-state index in [1.807, 2.05) is 48.5 Å². The third-order valence-electron chi connectivity index (χ3n) is 2.89. The highest BCUT2D eigenvalue weighted by atomic mass is 32.2. The molecule has 0 radical (unpaired) electrons. The van der Waals surface area contributed by atoms with Crippen molar-refractivity contribution >= 4 is 17.7 Å². The number of nitrogens with zero attached hydrogens (tertiary/aromatic N) is 1. The Morgan fingerprint density at radius 2 is 1.95 bits per heavy atom. The first-order valence-electron chi connectivity index (χ1n) is 6.73. The second-order valence-electron chi connectivity index (χ2n) is 4.54. The molecule has 0 fully saturated rings. The number of aromatic nitrogens is 1. The van der Waals surface area contributed by atoms with E-state index in [9.17, 15) is 9.90 Å². The standard InChI is InChI=1S/C16H18N2O2S/c19-15(13-6-2-1-3-7-13)11-21-12-16(20)18-10-14-8-4-5-9-17-14/h1-9,15,19H,10-12H2,(H,18,20)/t15-/m0/s1. The number of thioether (sulfide) groups is 1. The highest BCUT2D eigenvalue weighted by Gasteiger charge is 2.08. The predicted octanol–water partition coefficient (Wildman–Crippen LogP) is 2.16. The van der Waals surface area contributed by atoms with Gasteiger partial charge in [-0.1, -0.05) is 36.4 Å². The molecule has 2 N–H and O–H groups in total. The quantitative estimate of drug-likeness (QED) is 0.823. The largest absolute Gasteiger partial charge is 0.388 e. The van der Waals surface area contributed by atoms with Crippen LogP contribution in [0.4, 0.5) is 0 Å². The first kappa shape index (κ1) is 15.5. The third kappa shape index (κ3) is 5.57. The molecular formula is C16H18N2O2S. The number of pyridine rings is 1. The van der Waals surface area contributed by atoms with Crippen LogP contribution in [0.1, 0.15) is 17.4 Å². The maximum atomic E-state index is 11.7. The van der Waals surface area contributed by atoms with Crippen molar-refractivity contribution in [3.8, 4) is 0 Å². The van der Waals surface area contributed by atoms with Gasteiger partial charge in [-0.25, -0.2) is 0 Å². The van der Waals surface area contributed by atoms with Crippen molar-refractivity contribution in [1.82, 2.24) is 10.3 Å². The summed E-state index contributed by atoms with van der Waals surface area (Å²) in [6, 6.07) is 15.1. The van der Waals surface area contributed by atoms with Crippen LogP contribution in [-0.2, 0) is 11.3 Å². The third-order valence-corrected chi connectivity index (χ3v) is 3.90. The van der Waals surface area contributed by atoms with Crippen molar-refractivity contribution in [3.63, 3.8) is 0 Å². The van der Waals surface area contributed by atoms with Crippen molar-refractivity contribution in [1.29, 1.82) is 0 Å². The molecule has 0 aliphatic rings. The number of carbonyl (C=O) groups is 1. The lowest BCUT2D eigenvalue weighted by atomic mass is 10.1. The fourth-order valence-corrected chi connectivity index (χ4v) is 2.60. The molecule has 110 valence electrons. The number of hydrogen-bond donors (Lipinski definition) is 2. The zero-order valence-corrected chi connectivity index (χ0v) is 12.4. The molecule has 1 atom stereocenters. The molecule has 1 amide bonds. The minimum atomic E-state index is -0.542. The summed E-state index contributed by atoms with van der Waals surface area (Å²) in [5, 5.41) is 12.8. The normalized spacial score (nSPS) is 11.9. The Bertz CT molecular complexity index is 549. The van der Waals surface area contributed by atoms with Crippen molar-refractivity contribution in [2.24, 2.45) is 0 Å². The van der Waals surface area contributed by atoms with Gasteiger partial charge in [-0.3, -0.25) is 9.78 Å². The van der Waals surface area contributed by atoms with E-state index in [1.54, 1.807) is 6.20 Å². The average Bonchev–Trinajstić information content (AvgIpc) is 2.54. The summed E-state index contributed by atoms with van der Waals surface area (Å²) in [5.41, 5.74) is 1.71. The van der Waals surface area contributed by atoms with Gasteiger partial charge in [0.15, 0.2) is 0 Å². The SMILES string of the molecule is O=C(CSC[C@H](O)c1ccccc1)NCc1ccccn1. The van der Waals surface area contributed by atoms with Gasteiger partial charge in [-0.15, -0.1) is 11.8 Å². The van der Waals surface area contributed by atoms with Gasteiger partial charge in [0, 0.05) is 11.9 Å². The van der Waals surface area contributed by atoms with E-state index in [2.05, 4.69) is 10.3 Å². The van der Waals surface area contributed by atoms with Crippen LogP contribution >= 0.6 is 11.8 Å². The molecular weight excluding hydrogens is 284 g/mol. The minimum absolute atomic E-state index is 0.0501. The van der Waals surface area contributed by atoms with Crippen LogP contribution in [0.25, 0.3) is 0 Å². The Morgan fingerprint density at radius 3 is 2.67 bits per heavy atom. The van der Waals surface area contributed by atoms with Gasteiger partial charge < -0.3 is 10.4 Å². The number of hydrogen-bond acceptors (Lipinski definition) is 4. The molecule has 2 aromatic rings. The Morgan fingerprint density at radius 1 is 1.19 bits per heavy atom. The van der Waals surface area contributed by atoms with Crippen molar-refractivity contribution in [2.75, 3.05) is 11.5 Å². The lowest BCUT2D eigenvalue weighted by Crippen LogP contribution is -2.25. The topological polar surface area (TPSA) is 62.2 Å². The first-order valence-corrected chi connectivity index (χ1v) is 7.88. The monoisotopic (exact) mass is 302 g/mol. The van der Waals surface area contributed by atoms with Gasteiger partial charge >= 0.3 is 0 Å². The number of nitrogens with one attached hydrogen (secondary N) is 1. The molecule has 0 saturated carbocycles. The summed E-state index contributed by atoms with van der Waals surface area (Å²) in [6.45, 7) is 0.432. The molecule has 21 heavy (non-hydrogen) atoms. The van der Waals surface area contributed by atoms with Crippen molar-refractivity contribution < 1.29 is 9.90 Å². The lowest BCUT2D eigenvalue weighted by molar-refractivity contribution is -0.118. The zero-order chi connectivity index (χ0) is 14.9. The van der Waals surface area contributed by atoms with E-state index in [-0.39, 0.29) is 5.91 Å². The van der Waals surface area contributed by atoms with E-state index in [0.29, 0.717) is 18.1 Å². The molecule has 1 aromatic heterocycles. The molecule has 0 spiro atoms. The smallest absolute Gasteiger partial charge is 0.230 e. The minimum Gasteiger partial charge on any atom is -0.388 e. The molecule has 1 heterocycles. The lowest BCUT2D eigenvalue weighted by Gasteiger charge is -2.10.